The average Bonchev–Trinajstić information content (AvgIpc) is 2.16. The van der Waals surface area contributed by atoms with Gasteiger partial charge in [0.1, 0.15) is 0 Å². The summed E-state index contributed by atoms with van der Waals surface area (Å²) in [5, 5.41) is 10.1. The van der Waals surface area contributed by atoms with E-state index in [4.69, 9.17) is 0 Å². The summed E-state index contributed by atoms with van der Waals surface area (Å²) >= 11 is 0. The van der Waals surface area contributed by atoms with Gasteiger partial charge in [-0.05, 0) is 36.5 Å². The first kappa shape index (κ1) is 17.0. The van der Waals surface area contributed by atoms with Gasteiger partial charge >= 0.3 is 0 Å². The predicted octanol–water partition coefficient (Wildman–Crippen LogP) is 5.03. The Bertz CT molecular complexity index is 180. The van der Waals surface area contributed by atoms with E-state index in [0.717, 1.165) is 25.2 Å². The van der Waals surface area contributed by atoms with Crippen molar-refractivity contribution < 1.29 is 5.11 Å². The van der Waals surface area contributed by atoms with Gasteiger partial charge in [-0.15, -0.1) is 0 Å². The molecule has 17 heavy (non-hydrogen) atoms. The molecule has 0 aromatic rings. The van der Waals surface area contributed by atoms with Crippen LogP contribution in [0.5, 0.6) is 0 Å². The summed E-state index contributed by atoms with van der Waals surface area (Å²) < 4.78 is 0. The molecule has 1 nitrogen and oxygen atoms in total. The minimum Gasteiger partial charge on any atom is -0.393 e. The molecule has 0 aromatic carbocycles. The lowest BCUT2D eigenvalue weighted by Crippen LogP contribution is -2.21. The molecule has 0 heterocycles. The van der Waals surface area contributed by atoms with Crippen LogP contribution in [-0.2, 0) is 0 Å². The number of hydrogen-bond donors (Lipinski definition) is 1. The van der Waals surface area contributed by atoms with Gasteiger partial charge in [0, 0.05) is 0 Å². The summed E-state index contributed by atoms with van der Waals surface area (Å²) in [6, 6.07) is 0. The van der Waals surface area contributed by atoms with Gasteiger partial charge in [-0.1, -0.05) is 60.8 Å². The molecule has 0 aromatic heterocycles. The number of rotatable bonds is 8. The first-order chi connectivity index (χ1) is 7.80. The van der Waals surface area contributed by atoms with Gasteiger partial charge in [-0.2, -0.15) is 0 Å². The largest absolute Gasteiger partial charge is 0.393 e. The topological polar surface area (TPSA) is 20.2 Å². The molecule has 1 heteroatoms. The molecule has 104 valence electrons. The van der Waals surface area contributed by atoms with Crippen molar-refractivity contribution >= 4 is 0 Å². The molecule has 0 amide bonds. The monoisotopic (exact) mass is 242 g/mol. The third-order valence-corrected chi connectivity index (χ3v) is 3.64. The Balaban J connectivity index is 3.97. The van der Waals surface area contributed by atoms with Crippen LogP contribution < -0.4 is 0 Å². The summed E-state index contributed by atoms with van der Waals surface area (Å²) in [5.74, 6) is 1.29. The van der Waals surface area contributed by atoms with E-state index in [9.17, 15) is 5.11 Å². The van der Waals surface area contributed by atoms with Crippen molar-refractivity contribution in [2.24, 2.45) is 17.3 Å². The van der Waals surface area contributed by atoms with Gasteiger partial charge in [0.15, 0.2) is 0 Å². The minimum absolute atomic E-state index is 0.0770. The van der Waals surface area contributed by atoms with Crippen molar-refractivity contribution in [2.45, 2.75) is 86.2 Å². The van der Waals surface area contributed by atoms with Gasteiger partial charge < -0.3 is 5.11 Å². The van der Waals surface area contributed by atoms with Crippen LogP contribution in [0.25, 0.3) is 0 Å². The summed E-state index contributed by atoms with van der Waals surface area (Å²) in [7, 11) is 0. The van der Waals surface area contributed by atoms with Crippen LogP contribution in [0.2, 0.25) is 0 Å². The second kappa shape index (κ2) is 8.13. The van der Waals surface area contributed by atoms with Crippen LogP contribution in [0.4, 0.5) is 0 Å². The highest BCUT2D eigenvalue weighted by Gasteiger charge is 2.20. The van der Waals surface area contributed by atoms with E-state index in [-0.39, 0.29) is 6.10 Å². The zero-order valence-corrected chi connectivity index (χ0v) is 12.9. The zero-order valence-electron chi connectivity index (χ0n) is 12.9. The van der Waals surface area contributed by atoms with Gasteiger partial charge in [-0.25, -0.2) is 0 Å². The summed E-state index contributed by atoms with van der Waals surface area (Å²) in [6.45, 7) is 13.6. The van der Waals surface area contributed by atoms with E-state index in [1.807, 2.05) is 0 Å². The second-order valence-corrected chi connectivity index (χ2v) is 6.97. The lowest BCUT2D eigenvalue weighted by Gasteiger charge is -2.26. The van der Waals surface area contributed by atoms with Gasteiger partial charge in [-0.3, -0.25) is 0 Å². The molecular formula is C16H34O. The third kappa shape index (κ3) is 8.65. The van der Waals surface area contributed by atoms with Crippen LogP contribution in [-0.4, -0.2) is 11.2 Å². The number of hydrogen-bond acceptors (Lipinski definition) is 1. The predicted molar refractivity (Wildman–Crippen MR) is 77.2 cm³/mol. The van der Waals surface area contributed by atoms with Gasteiger partial charge in [0.2, 0.25) is 0 Å². The Morgan fingerprint density at radius 1 is 1.00 bits per heavy atom. The first-order valence-electron chi connectivity index (χ1n) is 7.48. The summed E-state index contributed by atoms with van der Waals surface area (Å²) in [4.78, 5) is 0. The van der Waals surface area contributed by atoms with Crippen LogP contribution >= 0.6 is 0 Å². The summed E-state index contributed by atoms with van der Waals surface area (Å²) in [5.41, 5.74) is 0.434. The Kier molecular flexibility index (Phi) is 8.11. The zero-order chi connectivity index (χ0) is 13.5. The quantitative estimate of drug-likeness (QED) is 0.633. The maximum atomic E-state index is 10.1. The lowest BCUT2D eigenvalue weighted by atomic mass is 9.81. The van der Waals surface area contributed by atoms with E-state index < -0.39 is 0 Å². The fraction of sp³-hybridized carbons (Fsp3) is 1.00. The molecule has 0 bridgehead atoms. The van der Waals surface area contributed by atoms with Crippen molar-refractivity contribution in [2.75, 3.05) is 0 Å². The maximum absolute atomic E-state index is 10.1. The standard InChI is InChI=1S/C16H34O/c1-7-9-15(17)14(8-2)11-10-13(3)12-16(4,5)6/h13-15,17H,7-12H2,1-6H3. The van der Waals surface area contributed by atoms with Crippen molar-refractivity contribution in [1.29, 1.82) is 0 Å². The fourth-order valence-corrected chi connectivity index (χ4v) is 2.85. The number of aliphatic hydroxyl groups is 1. The van der Waals surface area contributed by atoms with Gasteiger partial charge in [0.25, 0.3) is 0 Å². The van der Waals surface area contributed by atoms with Crippen molar-refractivity contribution in [3.63, 3.8) is 0 Å². The molecule has 3 unspecified atom stereocenters. The molecule has 0 spiro atoms. The van der Waals surface area contributed by atoms with Crippen molar-refractivity contribution in [3.05, 3.63) is 0 Å². The molecule has 0 rings (SSSR count). The Hall–Kier alpha value is -0.0400. The highest BCUT2D eigenvalue weighted by Crippen LogP contribution is 2.29. The van der Waals surface area contributed by atoms with Crippen molar-refractivity contribution in [3.8, 4) is 0 Å². The average molecular weight is 242 g/mol. The Labute approximate surface area is 109 Å². The number of aliphatic hydroxyl groups excluding tert-OH is 1. The van der Waals surface area contributed by atoms with Crippen LogP contribution in [0, 0.1) is 17.3 Å². The van der Waals surface area contributed by atoms with E-state index in [0.29, 0.717) is 11.3 Å². The molecule has 0 aliphatic heterocycles. The molecule has 0 fully saturated rings. The highest BCUT2D eigenvalue weighted by atomic mass is 16.3. The van der Waals surface area contributed by atoms with Crippen LogP contribution in [0.15, 0.2) is 0 Å². The van der Waals surface area contributed by atoms with E-state index in [1.54, 1.807) is 0 Å². The van der Waals surface area contributed by atoms with E-state index in [2.05, 4.69) is 41.5 Å². The molecule has 1 N–H and O–H groups in total. The van der Waals surface area contributed by atoms with Gasteiger partial charge in [0.05, 0.1) is 6.10 Å². The van der Waals surface area contributed by atoms with Crippen LogP contribution in [0.3, 0.4) is 0 Å². The smallest absolute Gasteiger partial charge is 0.0568 e. The molecule has 0 saturated heterocycles. The normalized spacial score (nSPS) is 17.8. The molecule has 0 aliphatic carbocycles. The van der Waals surface area contributed by atoms with Crippen molar-refractivity contribution in [1.82, 2.24) is 0 Å². The lowest BCUT2D eigenvalue weighted by molar-refractivity contribution is 0.0859. The van der Waals surface area contributed by atoms with E-state index >= 15 is 0 Å². The first-order valence-corrected chi connectivity index (χ1v) is 7.48. The molecule has 0 radical (unpaired) electrons. The molecule has 0 aliphatic rings. The highest BCUT2D eigenvalue weighted by molar-refractivity contribution is 4.71. The van der Waals surface area contributed by atoms with E-state index in [1.165, 1.54) is 19.3 Å². The molecular weight excluding hydrogens is 208 g/mol. The second-order valence-electron chi connectivity index (χ2n) is 6.97. The van der Waals surface area contributed by atoms with Crippen LogP contribution in [0.1, 0.15) is 80.1 Å². The Morgan fingerprint density at radius 2 is 1.59 bits per heavy atom. The minimum atomic E-state index is -0.0770. The molecule has 0 saturated carbocycles. The maximum Gasteiger partial charge on any atom is 0.0568 e. The SMILES string of the molecule is CCCC(O)C(CC)CCC(C)CC(C)(C)C. The Morgan fingerprint density at radius 3 is 2.00 bits per heavy atom. The third-order valence-electron chi connectivity index (χ3n) is 3.64. The fourth-order valence-electron chi connectivity index (χ4n) is 2.85. The summed E-state index contributed by atoms with van der Waals surface area (Å²) in [6.07, 6.45) is 6.83. The molecule has 3 atom stereocenters.